The van der Waals surface area contributed by atoms with E-state index < -0.39 is 0 Å². The fourth-order valence-corrected chi connectivity index (χ4v) is 2.08. The van der Waals surface area contributed by atoms with Gasteiger partial charge in [-0.2, -0.15) is 5.10 Å². The van der Waals surface area contributed by atoms with Crippen LogP contribution in [0.25, 0.3) is 11.3 Å². The molecule has 4 nitrogen and oxygen atoms in total. The first-order valence-corrected chi connectivity index (χ1v) is 6.43. The molecule has 0 aliphatic rings. The Labute approximate surface area is 117 Å². The van der Waals surface area contributed by atoms with Crippen molar-refractivity contribution >= 4 is 5.69 Å². The minimum atomic E-state index is 0.267. The first-order valence-electron chi connectivity index (χ1n) is 6.43. The Morgan fingerprint density at radius 3 is 2.50 bits per heavy atom. The van der Waals surface area contributed by atoms with Gasteiger partial charge in [-0.05, 0) is 29.8 Å². The van der Waals surface area contributed by atoms with Crippen molar-refractivity contribution in [2.75, 3.05) is 5.32 Å². The minimum Gasteiger partial charge on any atom is -0.508 e. The van der Waals surface area contributed by atoms with Crippen molar-refractivity contribution in [1.29, 1.82) is 0 Å². The molecule has 2 aromatic carbocycles. The van der Waals surface area contributed by atoms with Crippen LogP contribution in [-0.2, 0) is 6.54 Å². The lowest BCUT2D eigenvalue weighted by Gasteiger charge is -2.07. The average molecular weight is 265 g/mol. The normalized spacial score (nSPS) is 10.4. The number of rotatable bonds is 4. The van der Waals surface area contributed by atoms with Crippen LogP contribution < -0.4 is 5.32 Å². The zero-order valence-electron chi connectivity index (χ0n) is 10.9. The quantitative estimate of drug-likeness (QED) is 0.634. The molecule has 0 aliphatic heterocycles. The van der Waals surface area contributed by atoms with Gasteiger partial charge in [0.05, 0.1) is 11.9 Å². The Balaban J connectivity index is 1.76. The van der Waals surface area contributed by atoms with E-state index in [-0.39, 0.29) is 5.75 Å². The highest BCUT2D eigenvalue weighted by Gasteiger charge is 2.06. The largest absolute Gasteiger partial charge is 0.508 e. The maximum Gasteiger partial charge on any atom is 0.115 e. The summed E-state index contributed by atoms with van der Waals surface area (Å²) in [5.74, 6) is 0.267. The van der Waals surface area contributed by atoms with Crippen molar-refractivity contribution < 1.29 is 5.11 Å². The van der Waals surface area contributed by atoms with E-state index in [4.69, 9.17) is 0 Å². The van der Waals surface area contributed by atoms with E-state index in [1.807, 2.05) is 36.5 Å². The Kier molecular flexibility index (Phi) is 3.37. The molecule has 1 aromatic heterocycles. The lowest BCUT2D eigenvalue weighted by Crippen LogP contribution is -1.99. The lowest BCUT2D eigenvalue weighted by molar-refractivity contribution is 0.475. The molecule has 0 spiro atoms. The highest BCUT2D eigenvalue weighted by molar-refractivity contribution is 5.63. The summed E-state index contributed by atoms with van der Waals surface area (Å²) in [7, 11) is 0. The molecule has 0 amide bonds. The number of hydrogen-bond donors (Lipinski definition) is 3. The highest BCUT2D eigenvalue weighted by Crippen LogP contribution is 2.22. The third kappa shape index (κ3) is 2.64. The van der Waals surface area contributed by atoms with Gasteiger partial charge >= 0.3 is 0 Å². The SMILES string of the molecule is Oc1ccc(NCc2cn[nH]c2-c2ccccc2)cc1. The van der Waals surface area contributed by atoms with Crippen LogP contribution in [0.3, 0.4) is 0 Å². The molecule has 0 saturated carbocycles. The minimum absolute atomic E-state index is 0.267. The number of aromatic amines is 1. The second-order valence-corrected chi connectivity index (χ2v) is 4.54. The molecular formula is C16H15N3O. The number of aromatic hydroxyl groups is 1. The van der Waals surface area contributed by atoms with Gasteiger partial charge < -0.3 is 10.4 Å². The molecule has 20 heavy (non-hydrogen) atoms. The molecular weight excluding hydrogens is 250 g/mol. The standard InChI is InChI=1S/C16H15N3O/c20-15-8-6-14(7-9-15)17-10-13-11-18-19-16(13)12-4-2-1-3-5-12/h1-9,11,17,20H,10H2,(H,18,19). The Hall–Kier alpha value is -2.75. The predicted octanol–water partition coefficient (Wildman–Crippen LogP) is 3.39. The topological polar surface area (TPSA) is 60.9 Å². The van der Waals surface area contributed by atoms with E-state index in [9.17, 15) is 5.11 Å². The van der Waals surface area contributed by atoms with Crippen LogP contribution in [0.2, 0.25) is 0 Å². The molecule has 0 bridgehead atoms. The zero-order chi connectivity index (χ0) is 13.8. The molecule has 0 radical (unpaired) electrons. The van der Waals surface area contributed by atoms with Crippen molar-refractivity contribution in [3.63, 3.8) is 0 Å². The predicted molar refractivity (Wildman–Crippen MR) is 79.5 cm³/mol. The van der Waals surface area contributed by atoms with Gasteiger partial charge in [-0.25, -0.2) is 0 Å². The van der Waals surface area contributed by atoms with E-state index in [0.717, 1.165) is 22.5 Å². The van der Waals surface area contributed by atoms with Crippen LogP contribution in [0.15, 0.2) is 60.8 Å². The second-order valence-electron chi connectivity index (χ2n) is 4.54. The molecule has 0 unspecified atom stereocenters. The fourth-order valence-electron chi connectivity index (χ4n) is 2.08. The van der Waals surface area contributed by atoms with Gasteiger partial charge in [-0.3, -0.25) is 5.10 Å². The molecule has 3 N–H and O–H groups in total. The molecule has 3 aromatic rings. The van der Waals surface area contributed by atoms with E-state index >= 15 is 0 Å². The monoisotopic (exact) mass is 265 g/mol. The number of nitrogens with one attached hydrogen (secondary N) is 2. The molecule has 0 fully saturated rings. The third-order valence-electron chi connectivity index (χ3n) is 3.13. The maximum absolute atomic E-state index is 9.26. The summed E-state index contributed by atoms with van der Waals surface area (Å²) in [6.45, 7) is 0.672. The molecule has 3 rings (SSSR count). The summed E-state index contributed by atoms with van der Waals surface area (Å²) in [5, 5.41) is 19.7. The summed E-state index contributed by atoms with van der Waals surface area (Å²) >= 11 is 0. The molecule has 0 saturated heterocycles. The molecule has 1 heterocycles. The van der Waals surface area contributed by atoms with E-state index in [1.54, 1.807) is 12.1 Å². The van der Waals surface area contributed by atoms with Gasteiger partial charge in [0.1, 0.15) is 5.75 Å². The van der Waals surface area contributed by atoms with Crippen molar-refractivity contribution in [2.45, 2.75) is 6.54 Å². The van der Waals surface area contributed by atoms with Crippen LogP contribution in [0.5, 0.6) is 5.75 Å². The molecule has 4 heteroatoms. The first kappa shape index (κ1) is 12.3. The van der Waals surface area contributed by atoms with Gasteiger partial charge in [0.25, 0.3) is 0 Å². The van der Waals surface area contributed by atoms with Crippen molar-refractivity contribution in [2.24, 2.45) is 0 Å². The van der Waals surface area contributed by atoms with Gasteiger partial charge in [0.2, 0.25) is 0 Å². The summed E-state index contributed by atoms with van der Waals surface area (Å²) in [4.78, 5) is 0. The third-order valence-corrected chi connectivity index (χ3v) is 3.13. The first-order chi connectivity index (χ1) is 9.83. The summed E-state index contributed by atoms with van der Waals surface area (Å²) < 4.78 is 0. The summed E-state index contributed by atoms with van der Waals surface area (Å²) in [5.41, 5.74) is 4.21. The summed E-state index contributed by atoms with van der Waals surface area (Å²) in [6.07, 6.45) is 1.83. The molecule has 0 atom stereocenters. The zero-order valence-corrected chi connectivity index (χ0v) is 10.9. The average Bonchev–Trinajstić information content (AvgIpc) is 2.96. The van der Waals surface area contributed by atoms with Crippen LogP contribution in [0.4, 0.5) is 5.69 Å². The number of phenols is 1. The van der Waals surface area contributed by atoms with Gasteiger partial charge in [0, 0.05) is 17.8 Å². The Morgan fingerprint density at radius 2 is 1.75 bits per heavy atom. The number of benzene rings is 2. The van der Waals surface area contributed by atoms with Crippen LogP contribution in [0, 0.1) is 0 Å². The van der Waals surface area contributed by atoms with Crippen molar-refractivity contribution in [3.05, 3.63) is 66.4 Å². The lowest BCUT2D eigenvalue weighted by atomic mass is 10.1. The number of anilines is 1. The van der Waals surface area contributed by atoms with Crippen molar-refractivity contribution in [1.82, 2.24) is 10.2 Å². The molecule has 100 valence electrons. The smallest absolute Gasteiger partial charge is 0.115 e. The summed E-state index contributed by atoms with van der Waals surface area (Å²) in [6, 6.07) is 17.1. The van der Waals surface area contributed by atoms with Crippen LogP contribution in [0.1, 0.15) is 5.56 Å². The fraction of sp³-hybridized carbons (Fsp3) is 0.0625. The van der Waals surface area contributed by atoms with Crippen LogP contribution in [-0.4, -0.2) is 15.3 Å². The van der Waals surface area contributed by atoms with Crippen molar-refractivity contribution in [3.8, 4) is 17.0 Å². The number of aromatic nitrogens is 2. The second kappa shape index (κ2) is 5.48. The van der Waals surface area contributed by atoms with E-state index in [0.29, 0.717) is 6.54 Å². The Bertz CT molecular complexity index is 674. The van der Waals surface area contributed by atoms with E-state index in [1.165, 1.54) is 0 Å². The van der Waals surface area contributed by atoms with Gasteiger partial charge in [-0.1, -0.05) is 30.3 Å². The molecule has 0 aliphatic carbocycles. The maximum atomic E-state index is 9.26. The number of phenolic OH excluding ortho intramolecular Hbond substituents is 1. The van der Waals surface area contributed by atoms with E-state index in [2.05, 4.69) is 27.6 Å². The Morgan fingerprint density at radius 1 is 1.00 bits per heavy atom. The number of H-pyrrole nitrogens is 1. The highest BCUT2D eigenvalue weighted by atomic mass is 16.3. The number of hydrogen-bond acceptors (Lipinski definition) is 3. The van der Waals surface area contributed by atoms with Gasteiger partial charge in [-0.15, -0.1) is 0 Å². The van der Waals surface area contributed by atoms with Gasteiger partial charge in [0.15, 0.2) is 0 Å². The van der Waals surface area contributed by atoms with Crippen LogP contribution >= 0.6 is 0 Å². The number of nitrogens with zero attached hydrogens (tertiary/aromatic N) is 1.